The van der Waals surface area contributed by atoms with Crippen LogP contribution < -0.4 is 5.32 Å². The maximum absolute atomic E-state index is 12.5. The van der Waals surface area contributed by atoms with Gasteiger partial charge >= 0.3 is 5.97 Å². The quantitative estimate of drug-likeness (QED) is 0.443. The summed E-state index contributed by atoms with van der Waals surface area (Å²) in [6.45, 7) is 5.62. The summed E-state index contributed by atoms with van der Waals surface area (Å²) in [5.41, 5.74) is 5.58. The number of rotatable bonds is 10. The van der Waals surface area contributed by atoms with Crippen LogP contribution in [0.5, 0.6) is 0 Å². The van der Waals surface area contributed by atoms with Crippen LogP contribution in [0.3, 0.4) is 0 Å². The molecule has 1 amide bonds. The second-order valence-electron chi connectivity index (χ2n) is 8.87. The van der Waals surface area contributed by atoms with E-state index in [4.69, 9.17) is 0 Å². The smallest absolute Gasteiger partial charge is 0.326 e. The third kappa shape index (κ3) is 6.64. The normalized spacial score (nSPS) is 11.8. The van der Waals surface area contributed by atoms with E-state index in [-0.39, 0.29) is 11.7 Å². The Balaban J connectivity index is 1.60. The molecule has 5 heteroatoms. The molecule has 3 aromatic rings. The third-order valence-corrected chi connectivity index (χ3v) is 5.89. The van der Waals surface area contributed by atoms with Crippen LogP contribution in [-0.2, 0) is 28.9 Å². The van der Waals surface area contributed by atoms with Crippen molar-refractivity contribution < 1.29 is 19.5 Å². The Kier molecular flexibility index (Phi) is 8.36. The summed E-state index contributed by atoms with van der Waals surface area (Å²) in [5, 5.41) is 11.8. The minimum absolute atomic E-state index is 0.174. The van der Waals surface area contributed by atoms with Gasteiger partial charge in [-0.15, -0.1) is 0 Å². The van der Waals surface area contributed by atoms with Crippen molar-refractivity contribution in [3.63, 3.8) is 0 Å². The van der Waals surface area contributed by atoms with Gasteiger partial charge in [-0.1, -0.05) is 81.4 Å². The number of aryl methyl sites for hydroxylation is 1. The molecule has 3 aromatic carbocycles. The number of carbonyl (C=O) groups excluding carboxylic acids is 2. The highest BCUT2D eigenvalue weighted by Gasteiger charge is 2.23. The highest BCUT2D eigenvalue weighted by atomic mass is 16.4. The third-order valence-electron chi connectivity index (χ3n) is 5.89. The first kappa shape index (κ1) is 24.9. The first-order valence-electron chi connectivity index (χ1n) is 11.6. The second kappa shape index (κ2) is 11.4. The number of nitrogens with one attached hydrogen (secondary N) is 1. The van der Waals surface area contributed by atoms with Crippen molar-refractivity contribution in [3.8, 4) is 11.1 Å². The molecule has 0 heterocycles. The Morgan fingerprint density at radius 1 is 0.735 bits per heavy atom. The number of carbonyl (C=O) groups is 3. The predicted octanol–water partition coefficient (Wildman–Crippen LogP) is 5.11. The van der Waals surface area contributed by atoms with Gasteiger partial charge in [-0.05, 0) is 52.3 Å². The van der Waals surface area contributed by atoms with Gasteiger partial charge in [0.2, 0.25) is 0 Å². The molecule has 176 valence electrons. The van der Waals surface area contributed by atoms with Gasteiger partial charge in [0.05, 0.1) is 0 Å². The number of aliphatic carboxylic acids is 1. The minimum Gasteiger partial charge on any atom is -0.480 e. The average molecular weight is 458 g/mol. The fourth-order valence-electron chi connectivity index (χ4n) is 3.78. The van der Waals surface area contributed by atoms with Crippen LogP contribution in [0.15, 0.2) is 72.8 Å². The van der Waals surface area contributed by atoms with Crippen molar-refractivity contribution in [1.82, 2.24) is 5.32 Å². The molecule has 0 spiro atoms. The van der Waals surface area contributed by atoms with Gasteiger partial charge in [0.25, 0.3) is 5.91 Å². The van der Waals surface area contributed by atoms with Crippen molar-refractivity contribution in [3.05, 3.63) is 95.1 Å². The highest BCUT2D eigenvalue weighted by Crippen LogP contribution is 2.21. The molecule has 0 saturated heterocycles. The molecule has 34 heavy (non-hydrogen) atoms. The lowest BCUT2D eigenvalue weighted by atomic mass is 9.98. The lowest BCUT2D eigenvalue weighted by Gasteiger charge is -2.18. The van der Waals surface area contributed by atoms with Gasteiger partial charge in [-0.3, -0.25) is 9.59 Å². The van der Waals surface area contributed by atoms with Gasteiger partial charge in [-0.2, -0.15) is 0 Å². The number of hydrogen-bond acceptors (Lipinski definition) is 3. The van der Waals surface area contributed by atoms with E-state index < -0.39 is 17.9 Å². The van der Waals surface area contributed by atoms with Crippen LogP contribution in [0.2, 0.25) is 0 Å². The zero-order chi connectivity index (χ0) is 24.7. The van der Waals surface area contributed by atoms with Gasteiger partial charge in [0.1, 0.15) is 11.8 Å². The Labute approximate surface area is 200 Å². The summed E-state index contributed by atoms with van der Waals surface area (Å²) in [6.07, 6.45) is 1.80. The first-order chi connectivity index (χ1) is 16.3. The summed E-state index contributed by atoms with van der Waals surface area (Å²) in [4.78, 5) is 36.2. The van der Waals surface area contributed by atoms with E-state index in [2.05, 4.69) is 24.4 Å². The lowest BCUT2D eigenvalue weighted by Crippen LogP contribution is -2.44. The molecular formula is C29H31NO4. The largest absolute Gasteiger partial charge is 0.480 e. The molecule has 0 radical (unpaired) electrons. The molecule has 0 fully saturated rings. The fraction of sp³-hybridized carbons (Fsp3) is 0.276. The van der Waals surface area contributed by atoms with Crippen molar-refractivity contribution in [2.24, 2.45) is 5.92 Å². The van der Waals surface area contributed by atoms with Gasteiger partial charge in [0.15, 0.2) is 0 Å². The molecule has 0 aromatic heterocycles. The number of benzene rings is 3. The molecule has 3 rings (SSSR count). The monoisotopic (exact) mass is 457 g/mol. The maximum Gasteiger partial charge on any atom is 0.326 e. The maximum atomic E-state index is 12.5. The van der Waals surface area contributed by atoms with Crippen molar-refractivity contribution in [1.29, 1.82) is 0 Å². The van der Waals surface area contributed by atoms with Crippen LogP contribution in [-0.4, -0.2) is 28.8 Å². The Morgan fingerprint density at radius 2 is 1.18 bits per heavy atom. The number of hydrogen-bond donors (Lipinski definition) is 2. The molecule has 2 N–H and O–H groups in total. The van der Waals surface area contributed by atoms with Gasteiger partial charge in [-0.25, -0.2) is 4.79 Å². The van der Waals surface area contributed by atoms with E-state index in [9.17, 15) is 19.5 Å². The summed E-state index contributed by atoms with van der Waals surface area (Å²) in [5.74, 6) is -1.50. The molecule has 5 nitrogen and oxygen atoms in total. The van der Waals surface area contributed by atoms with Crippen LogP contribution in [0.1, 0.15) is 47.8 Å². The van der Waals surface area contributed by atoms with Crippen molar-refractivity contribution in [2.45, 2.75) is 46.1 Å². The van der Waals surface area contributed by atoms with Crippen LogP contribution in [0.4, 0.5) is 0 Å². The average Bonchev–Trinajstić information content (AvgIpc) is 2.83. The Bertz CT molecular complexity index is 1130. The van der Waals surface area contributed by atoms with Gasteiger partial charge < -0.3 is 10.4 Å². The van der Waals surface area contributed by atoms with E-state index in [0.717, 1.165) is 28.7 Å². The molecule has 1 atom stereocenters. The zero-order valence-electron chi connectivity index (χ0n) is 19.9. The van der Waals surface area contributed by atoms with Gasteiger partial charge in [0, 0.05) is 18.4 Å². The number of carboxylic acids is 1. The van der Waals surface area contributed by atoms with Crippen LogP contribution >= 0.6 is 0 Å². The predicted molar refractivity (Wildman–Crippen MR) is 134 cm³/mol. The second-order valence-corrected chi connectivity index (χ2v) is 8.87. The van der Waals surface area contributed by atoms with E-state index in [1.54, 1.807) is 26.0 Å². The topological polar surface area (TPSA) is 83.5 Å². The number of ketones is 1. The van der Waals surface area contributed by atoms with E-state index in [1.165, 1.54) is 5.56 Å². The van der Waals surface area contributed by atoms with E-state index in [0.29, 0.717) is 18.4 Å². The number of amides is 1. The standard InChI is InChI=1S/C29H31NO4/c1-4-20-5-7-21(8-6-20)17-26(31)18-22-9-11-23(12-10-22)24-13-15-25(16-14-24)28(32)30-27(19(2)3)29(33)34/h5-16,19,27H,4,17-18H2,1-3H3,(H,30,32)(H,33,34)/t27-/m0/s1. The van der Waals surface area contributed by atoms with Crippen molar-refractivity contribution in [2.75, 3.05) is 0 Å². The number of Topliss-reactive ketones (excluding diaryl/α,β-unsaturated/α-hetero) is 1. The SMILES string of the molecule is CCc1ccc(CC(=O)Cc2ccc(-c3ccc(C(=O)N[C@H](C(=O)O)C(C)C)cc3)cc2)cc1. The first-order valence-corrected chi connectivity index (χ1v) is 11.6. The van der Waals surface area contributed by atoms with E-state index in [1.807, 2.05) is 48.5 Å². The molecule has 0 bridgehead atoms. The van der Waals surface area contributed by atoms with Crippen LogP contribution in [0.25, 0.3) is 11.1 Å². The minimum atomic E-state index is -1.05. The molecule has 0 unspecified atom stereocenters. The van der Waals surface area contributed by atoms with Crippen LogP contribution in [0, 0.1) is 5.92 Å². The summed E-state index contributed by atoms with van der Waals surface area (Å²) < 4.78 is 0. The molecule has 0 saturated carbocycles. The summed E-state index contributed by atoms with van der Waals surface area (Å²) >= 11 is 0. The Morgan fingerprint density at radius 3 is 1.62 bits per heavy atom. The highest BCUT2D eigenvalue weighted by molar-refractivity contribution is 5.97. The molecular weight excluding hydrogens is 426 g/mol. The molecule has 0 aliphatic carbocycles. The Hall–Kier alpha value is -3.73. The molecule has 0 aliphatic heterocycles. The lowest BCUT2D eigenvalue weighted by molar-refractivity contribution is -0.140. The molecule has 0 aliphatic rings. The summed E-state index contributed by atoms with van der Waals surface area (Å²) in [7, 11) is 0. The van der Waals surface area contributed by atoms with E-state index >= 15 is 0 Å². The van der Waals surface area contributed by atoms with Crippen molar-refractivity contribution >= 4 is 17.7 Å². The zero-order valence-corrected chi connectivity index (χ0v) is 19.9. The summed E-state index contributed by atoms with van der Waals surface area (Å²) in [6, 6.07) is 22.1. The fourth-order valence-corrected chi connectivity index (χ4v) is 3.78. The number of carboxylic acid groups (broad SMARTS) is 1.